The first-order valence-electron chi connectivity index (χ1n) is 16.0. The van der Waals surface area contributed by atoms with Gasteiger partial charge in [0.2, 0.25) is 0 Å². The highest BCUT2D eigenvalue weighted by Gasteiger charge is 2.39. The second kappa shape index (κ2) is 6.57. The third-order valence-electron chi connectivity index (χ3n) is 4.16. The Balaban J connectivity index is 2.20. The average Bonchev–Trinajstić information content (AvgIpc) is 2.68. The molecule has 4 heteroatoms. The monoisotopic (exact) mass is 350 g/mol. The number of rotatable bonds is 3. The maximum absolute atomic E-state index is 11.2. The summed E-state index contributed by atoms with van der Waals surface area (Å²) < 4.78 is 146. The van der Waals surface area contributed by atoms with Gasteiger partial charge in [0.25, 0.3) is 0 Å². The molecular formula is C20H31NO3. The van der Waals surface area contributed by atoms with Crippen LogP contribution in [0.2, 0.25) is 0 Å². The second-order valence-corrected chi connectivity index (χ2v) is 6.16. The fourth-order valence-electron chi connectivity index (χ4n) is 3.12. The van der Waals surface area contributed by atoms with Gasteiger partial charge in [-0.1, -0.05) is 20.6 Å². The van der Waals surface area contributed by atoms with Crippen molar-refractivity contribution in [2.24, 2.45) is 11.3 Å². The van der Waals surface area contributed by atoms with E-state index in [9.17, 15) is 6.48 Å². The zero-order valence-electron chi connectivity index (χ0n) is 30.1. The lowest BCUT2D eigenvalue weighted by Crippen LogP contribution is -2.48. The van der Waals surface area contributed by atoms with Crippen LogP contribution < -0.4 is 9.47 Å². The third-order valence-corrected chi connectivity index (χ3v) is 4.16. The Hall–Kier alpha value is -1.26. The SMILES string of the molecule is [2H]C([2H])([2H])Oc1cc2c(cc1OC([2H])([2H])[2H])C1([2H])CC(O)C(C([2H])([2H])C(C)(C([2H])([2H])[2H])C([2H])([2H])[2H])C([2H])([2H])N1CC2. The number of benzene rings is 1. The van der Waals surface area contributed by atoms with Crippen molar-refractivity contribution >= 4 is 0 Å². The van der Waals surface area contributed by atoms with E-state index in [2.05, 4.69) is 0 Å². The predicted molar refractivity (Wildman–Crippen MR) is 95.7 cm³/mol. The van der Waals surface area contributed by atoms with Crippen LogP contribution in [0.15, 0.2) is 12.1 Å². The van der Waals surface area contributed by atoms with Gasteiger partial charge in [-0.2, -0.15) is 0 Å². The van der Waals surface area contributed by atoms with Crippen LogP contribution in [-0.2, 0) is 6.42 Å². The predicted octanol–water partition coefficient (Wildman–Crippen LogP) is 3.42. The Morgan fingerprint density at radius 2 is 2.17 bits per heavy atom. The highest BCUT2D eigenvalue weighted by Crippen LogP contribution is 2.44. The van der Waals surface area contributed by atoms with E-state index in [1.54, 1.807) is 0 Å². The van der Waals surface area contributed by atoms with Gasteiger partial charge in [0.1, 0.15) is 0 Å². The number of hydrogen-bond donors (Lipinski definition) is 1. The number of ether oxygens (including phenoxy) is 2. The van der Waals surface area contributed by atoms with Crippen molar-refractivity contribution in [3.8, 4) is 11.5 Å². The van der Waals surface area contributed by atoms with Crippen molar-refractivity contribution in [1.29, 1.82) is 0 Å². The van der Waals surface area contributed by atoms with E-state index in [-0.39, 0.29) is 24.1 Å². The van der Waals surface area contributed by atoms with Crippen LogP contribution in [-0.4, -0.2) is 43.2 Å². The Labute approximate surface area is 169 Å². The average molecular weight is 351 g/mol. The molecular weight excluding hydrogens is 302 g/mol. The first kappa shape index (κ1) is 6.17. The van der Waals surface area contributed by atoms with Crippen molar-refractivity contribution in [2.45, 2.75) is 52.0 Å². The van der Waals surface area contributed by atoms with Crippen LogP contribution >= 0.6 is 0 Å². The summed E-state index contributed by atoms with van der Waals surface area (Å²) in [5.41, 5.74) is -2.98. The summed E-state index contributed by atoms with van der Waals surface area (Å²) in [6, 6.07) is -0.0798. The zero-order valence-corrected chi connectivity index (χ0v) is 13.1. The highest BCUT2D eigenvalue weighted by molar-refractivity contribution is 5.49. The second-order valence-electron chi connectivity index (χ2n) is 6.16. The molecule has 0 radical (unpaired) electrons. The van der Waals surface area contributed by atoms with Gasteiger partial charge in [-0.15, -0.1) is 0 Å². The van der Waals surface area contributed by atoms with Crippen molar-refractivity contribution in [3.63, 3.8) is 0 Å². The Kier molecular flexibility index (Phi) is 1.69. The van der Waals surface area contributed by atoms with Gasteiger partial charge in [0, 0.05) is 32.8 Å². The summed E-state index contributed by atoms with van der Waals surface area (Å²) in [6.45, 7) is -9.57. The number of piperidine rings is 1. The van der Waals surface area contributed by atoms with Crippen LogP contribution in [0.4, 0.5) is 0 Å². The molecule has 0 aliphatic carbocycles. The van der Waals surface area contributed by atoms with Crippen molar-refractivity contribution in [2.75, 3.05) is 27.1 Å². The molecule has 3 unspecified atom stereocenters. The molecule has 2 aliphatic rings. The Bertz CT molecular complexity index is 1140. The number of fused-ring (bicyclic) bond motifs is 3. The van der Waals surface area contributed by atoms with Gasteiger partial charge in [0.15, 0.2) is 11.5 Å². The smallest absolute Gasteiger partial charge is 0.161 e. The highest BCUT2D eigenvalue weighted by atomic mass is 16.5. The number of methoxy groups -OCH3 is 2. The van der Waals surface area contributed by atoms with Crippen LogP contribution in [0.25, 0.3) is 0 Å². The molecule has 1 saturated heterocycles. The first-order chi connectivity index (χ1) is 18.0. The van der Waals surface area contributed by atoms with Gasteiger partial charge in [-0.05, 0) is 53.8 Å². The molecule has 0 saturated carbocycles. The summed E-state index contributed by atoms with van der Waals surface area (Å²) in [5.74, 6) is -3.33. The van der Waals surface area contributed by atoms with E-state index in [0.717, 1.165) is 17.0 Å². The van der Waals surface area contributed by atoms with Gasteiger partial charge in [0.05, 0.1) is 29.8 Å². The minimum atomic E-state index is -3.46. The molecule has 0 amide bonds. The Morgan fingerprint density at radius 3 is 2.88 bits per heavy atom. The van der Waals surface area contributed by atoms with Crippen LogP contribution in [0.5, 0.6) is 11.5 Å². The van der Waals surface area contributed by atoms with Gasteiger partial charge in [-0.3, -0.25) is 4.90 Å². The lowest BCUT2D eigenvalue weighted by molar-refractivity contribution is -0.0259. The molecule has 2 heterocycles. The number of aliphatic hydroxyl groups is 1. The van der Waals surface area contributed by atoms with Crippen molar-refractivity contribution in [1.82, 2.24) is 4.90 Å². The van der Waals surface area contributed by atoms with Gasteiger partial charge < -0.3 is 14.6 Å². The van der Waals surface area contributed by atoms with E-state index in [4.69, 9.17) is 31.4 Å². The molecule has 3 rings (SSSR count). The van der Waals surface area contributed by atoms with E-state index < -0.39 is 82.0 Å². The molecule has 4 nitrogen and oxygen atoms in total. The van der Waals surface area contributed by atoms with Crippen LogP contribution in [0.1, 0.15) is 73.9 Å². The van der Waals surface area contributed by atoms with Crippen molar-refractivity contribution in [3.05, 3.63) is 23.3 Å². The molecule has 0 aromatic heterocycles. The molecule has 134 valence electrons. The molecule has 1 aromatic carbocycles. The number of hydrogen-bond acceptors (Lipinski definition) is 4. The van der Waals surface area contributed by atoms with Crippen LogP contribution in [0.3, 0.4) is 0 Å². The molecule has 24 heavy (non-hydrogen) atoms. The molecule has 1 fully saturated rings. The third kappa shape index (κ3) is 3.40. The molecule has 0 bridgehead atoms. The molecule has 2 aliphatic heterocycles. The fourth-order valence-corrected chi connectivity index (χ4v) is 3.12. The zero-order chi connectivity index (χ0) is 32.0. The Morgan fingerprint density at radius 1 is 1.42 bits per heavy atom. The minimum absolute atomic E-state index is 0.0808. The fraction of sp³-hybridized carbons (Fsp3) is 0.700. The summed E-state index contributed by atoms with van der Waals surface area (Å²) >= 11 is 0. The quantitative estimate of drug-likeness (QED) is 0.907. The van der Waals surface area contributed by atoms with Crippen molar-refractivity contribution < 1.29 is 37.9 Å². The van der Waals surface area contributed by atoms with E-state index in [1.165, 1.54) is 0 Å². The number of aliphatic hydroxyl groups excluding tert-OH is 1. The minimum Gasteiger partial charge on any atom is -0.493 e. The van der Waals surface area contributed by atoms with Gasteiger partial charge in [-0.25, -0.2) is 0 Å². The van der Waals surface area contributed by atoms with E-state index in [1.807, 2.05) is 0 Å². The summed E-state index contributed by atoms with van der Waals surface area (Å²) in [6.07, 6.45) is -6.29. The molecule has 3 atom stereocenters. The summed E-state index contributed by atoms with van der Waals surface area (Å²) in [4.78, 5) is 0.862. The first-order valence-corrected chi connectivity index (χ1v) is 7.52. The molecule has 1 N–H and O–H groups in total. The molecule has 1 aromatic rings. The van der Waals surface area contributed by atoms with E-state index in [0.29, 0.717) is 6.92 Å². The maximum atomic E-state index is 11.2. The maximum Gasteiger partial charge on any atom is 0.161 e. The van der Waals surface area contributed by atoms with Crippen LogP contribution in [0, 0.1) is 11.3 Å². The number of nitrogens with zero attached hydrogens (tertiary/aromatic N) is 1. The van der Waals surface area contributed by atoms with E-state index >= 15 is 0 Å². The summed E-state index contributed by atoms with van der Waals surface area (Å²) in [5, 5.41) is 11.2. The standard InChI is InChI=1S/C20H31NO3/c1-20(2,3)11-14-12-21-7-6-13-8-18(23-4)19(24-5)9-15(13)16(21)10-17(14)22/h8-9,14,16-17,22H,6-7,10-12H2,1-5H3/i1D3,2D3,4D3,5D3,11D2,12D2,16D. The lowest BCUT2D eigenvalue weighted by Gasteiger charge is -2.47. The largest absolute Gasteiger partial charge is 0.493 e. The molecule has 0 spiro atoms. The lowest BCUT2D eigenvalue weighted by atomic mass is 9.75. The topological polar surface area (TPSA) is 41.9 Å². The van der Waals surface area contributed by atoms with Gasteiger partial charge >= 0.3 is 0 Å². The normalized spacial score (nSPS) is 45.7. The summed E-state index contributed by atoms with van der Waals surface area (Å²) in [7, 11) is -6.09.